The third-order valence-corrected chi connectivity index (χ3v) is 2.65. The number of anilines is 1. The minimum Gasteiger partial charge on any atom is -0.444 e. The number of non-ortho nitro benzene ring substituents is 1. The zero-order chi connectivity index (χ0) is 17.0. The van der Waals surface area contributed by atoms with Crippen LogP contribution in [0, 0.1) is 10.1 Å². The molecule has 2 N–H and O–H groups in total. The van der Waals surface area contributed by atoms with Gasteiger partial charge in [-0.25, -0.2) is 4.79 Å². The van der Waals surface area contributed by atoms with Crippen LogP contribution < -0.4 is 10.6 Å². The molecule has 0 aliphatic carbocycles. The van der Waals surface area contributed by atoms with Crippen molar-refractivity contribution in [3.05, 3.63) is 28.3 Å². The average Bonchev–Trinajstić information content (AvgIpc) is 2.83. The summed E-state index contributed by atoms with van der Waals surface area (Å²) in [6, 6.07) is 4.41. The minimum absolute atomic E-state index is 0.0632. The minimum atomic E-state index is -0.549. The molecular weight excluding hydrogens is 304 g/mol. The van der Waals surface area contributed by atoms with Crippen LogP contribution in [0.4, 0.5) is 16.5 Å². The van der Waals surface area contributed by atoms with Crippen molar-refractivity contribution in [3.63, 3.8) is 0 Å². The number of alkyl carbamates (subject to hydrolysis) is 1. The number of carbonyl (C=O) groups is 1. The third kappa shape index (κ3) is 4.83. The standard InChI is InChI=1S/C14H18N4O5/c1-14(2,3)23-13(19)16-7-6-15-12-17-10-5-4-9(18(20)21)8-11(10)22-12/h4-5,8H,6-7H2,1-3H3,(H,15,17)(H,16,19). The Morgan fingerprint density at radius 2 is 2.13 bits per heavy atom. The number of rotatable bonds is 5. The zero-order valence-electron chi connectivity index (χ0n) is 13.1. The van der Waals surface area contributed by atoms with E-state index in [0.29, 0.717) is 24.2 Å². The van der Waals surface area contributed by atoms with Crippen molar-refractivity contribution in [1.29, 1.82) is 0 Å². The third-order valence-electron chi connectivity index (χ3n) is 2.65. The van der Waals surface area contributed by atoms with Crippen LogP contribution in [0.25, 0.3) is 11.1 Å². The van der Waals surface area contributed by atoms with Crippen LogP contribution in [0.3, 0.4) is 0 Å². The van der Waals surface area contributed by atoms with Crippen molar-refractivity contribution in [2.45, 2.75) is 26.4 Å². The molecule has 0 aliphatic heterocycles. The number of fused-ring (bicyclic) bond motifs is 1. The van der Waals surface area contributed by atoms with Crippen molar-refractivity contribution in [2.24, 2.45) is 0 Å². The van der Waals surface area contributed by atoms with Gasteiger partial charge in [0.25, 0.3) is 11.7 Å². The van der Waals surface area contributed by atoms with Gasteiger partial charge in [0.2, 0.25) is 0 Å². The highest BCUT2D eigenvalue weighted by Crippen LogP contribution is 2.23. The van der Waals surface area contributed by atoms with Gasteiger partial charge >= 0.3 is 6.09 Å². The van der Waals surface area contributed by atoms with Gasteiger partial charge in [-0.05, 0) is 26.8 Å². The fraction of sp³-hybridized carbons (Fsp3) is 0.429. The average molecular weight is 322 g/mol. The molecule has 0 saturated heterocycles. The van der Waals surface area contributed by atoms with Crippen LogP contribution in [0.1, 0.15) is 20.8 Å². The summed E-state index contributed by atoms with van der Waals surface area (Å²) in [5, 5.41) is 16.2. The molecule has 0 spiro atoms. The molecule has 0 saturated carbocycles. The molecule has 0 radical (unpaired) electrons. The van der Waals surface area contributed by atoms with E-state index in [-0.39, 0.29) is 11.7 Å². The number of nitrogens with one attached hydrogen (secondary N) is 2. The number of ether oxygens (including phenoxy) is 1. The Kier molecular flexibility index (Phi) is 4.68. The number of nitro benzene ring substituents is 1. The molecule has 2 rings (SSSR count). The molecule has 2 aromatic rings. The molecule has 0 fully saturated rings. The summed E-state index contributed by atoms with van der Waals surface area (Å²) in [5.41, 5.74) is 0.221. The van der Waals surface area contributed by atoms with Gasteiger partial charge in [-0.3, -0.25) is 10.1 Å². The van der Waals surface area contributed by atoms with E-state index in [2.05, 4.69) is 15.6 Å². The first-order chi connectivity index (χ1) is 10.7. The number of hydrogen-bond donors (Lipinski definition) is 2. The van der Waals surface area contributed by atoms with E-state index in [0.717, 1.165) is 0 Å². The predicted octanol–water partition coefficient (Wildman–Crippen LogP) is 2.67. The number of aromatic nitrogens is 1. The molecule has 124 valence electrons. The molecule has 0 unspecified atom stereocenters. The van der Waals surface area contributed by atoms with Gasteiger partial charge in [0, 0.05) is 19.2 Å². The van der Waals surface area contributed by atoms with Crippen molar-refractivity contribution < 1.29 is 18.9 Å². The largest absolute Gasteiger partial charge is 0.444 e. The lowest BCUT2D eigenvalue weighted by molar-refractivity contribution is -0.384. The summed E-state index contributed by atoms with van der Waals surface area (Å²) < 4.78 is 10.5. The maximum Gasteiger partial charge on any atom is 0.407 e. The van der Waals surface area contributed by atoms with Crippen LogP contribution in [0.2, 0.25) is 0 Å². The summed E-state index contributed by atoms with van der Waals surface area (Å²) in [5.74, 6) is 0. The summed E-state index contributed by atoms with van der Waals surface area (Å²) in [6.45, 7) is 6.02. The van der Waals surface area contributed by atoms with E-state index in [9.17, 15) is 14.9 Å². The Labute approximate surface area is 132 Å². The van der Waals surface area contributed by atoms with Gasteiger partial charge in [0.15, 0.2) is 5.58 Å². The van der Waals surface area contributed by atoms with E-state index in [1.807, 2.05) is 0 Å². The van der Waals surface area contributed by atoms with E-state index in [1.54, 1.807) is 20.8 Å². The second-order valence-corrected chi connectivity index (χ2v) is 5.78. The molecule has 9 nitrogen and oxygen atoms in total. The highest BCUT2D eigenvalue weighted by molar-refractivity contribution is 5.77. The predicted molar refractivity (Wildman–Crippen MR) is 83.4 cm³/mol. The quantitative estimate of drug-likeness (QED) is 0.493. The van der Waals surface area contributed by atoms with Crippen molar-refractivity contribution >= 4 is 28.9 Å². The molecule has 0 aliphatic rings. The van der Waals surface area contributed by atoms with Crippen molar-refractivity contribution in [1.82, 2.24) is 10.3 Å². The molecular formula is C14H18N4O5. The van der Waals surface area contributed by atoms with E-state index >= 15 is 0 Å². The monoisotopic (exact) mass is 322 g/mol. The first kappa shape index (κ1) is 16.5. The number of nitro groups is 1. The van der Waals surface area contributed by atoms with Crippen LogP contribution in [0.5, 0.6) is 0 Å². The van der Waals surface area contributed by atoms with Gasteiger partial charge in [0.05, 0.1) is 11.0 Å². The number of amides is 1. The Hall–Kier alpha value is -2.84. The Bertz CT molecular complexity index is 720. The zero-order valence-corrected chi connectivity index (χ0v) is 13.1. The molecule has 23 heavy (non-hydrogen) atoms. The van der Waals surface area contributed by atoms with Gasteiger partial charge in [0.1, 0.15) is 11.1 Å². The van der Waals surface area contributed by atoms with Crippen molar-refractivity contribution in [3.8, 4) is 0 Å². The first-order valence-corrected chi connectivity index (χ1v) is 7.00. The molecule has 1 amide bonds. The number of oxazole rings is 1. The lowest BCUT2D eigenvalue weighted by Crippen LogP contribution is -2.35. The van der Waals surface area contributed by atoms with Gasteiger partial charge in [-0.15, -0.1) is 0 Å². The first-order valence-electron chi connectivity index (χ1n) is 7.00. The summed E-state index contributed by atoms with van der Waals surface area (Å²) >= 11 is 0. The molecule has 0 bridgehead atoms. The van der Waals surface area contributed by atoms with Crippen LogP contribution in [-0.2, 0) is 4.74 Å². The summed E-state index contributed by atoms with van der Waals surface area (Å²) in [7, 11) is 0. The van der Waals surface area contributed by atoms with E-state index < -0.39 is 16.6 Å². The SMILES string of the molecule is CC(C)(C)OC(=O)NCCNc1nc2ccc([N+](=O)[O-])cc2o1. The second kappa shape index (κ2) is 6.51. The second-order valence-electron chi connectivity index (χ2n) is 5.78. The van der Waals surface area contributed by atoms with Crippen LogP contribution >= 0.6 is 0 Å². The maximum atomic E-state index is 11.4. The molecule has 1 aromatic carbocycles. The fourth-order valence-corrected chi connectivity index (χ4v) is 1.75. The maximum absolute atomic E-state index is 11.4. The van der Waals surface area contributed by atoms with E-state index in [4.69, 9.17) is 9.15 Å². The number of nitrogens with zero attached hydrogens (tertiary/aromatic N) is 2. The Morgan fingerprint density at radius 1 is 1.39 bits per heavy atom. The van der Waals surface area contributed by atoms with Gasteiger partial charge < -0.3 is 19.8 Å². The highest BCUT2D eigenvalue weighted by atomic mass is 16.6. The highest BCUT2D eigenvalue weighted by Gasteiger charge is 2.15. The number of hydrogen-bond acceptors (Lipinski definition) is 7. The summed E-state index contributed by atoms with van der Waals surface area (Å²) in [6.07, 6.45) is -0.507. The number of carbonyl (C=O) groups excluding carboxylic acids is 1. The Balaban J connectivity index is 1.85. The topological polar surface area (TPSA) is 120 Å². The van der Waals surface area contributed by atoms with Crippen molar-refractivity contribution in [2.75, 3.05) is 18.4 Å². The van der Waals surface area contributed by atoms with Gasteiger partial charge in [-0.2, -0.15) is 4.98 Å². The molecule has 9 heteroatoms. The lowest BCUT2D eigenvalue weighted by atomic mass is 10.2. The fourth-order valence-electron chi connectivity index (χ4n) is 1.75. The lowest BCUT2D eigenvalue weighted by Gasteiger charge is -2.19. The smallest absolute Gasteiger partial charge is 0.407 e. The molecule has 0 atom stereocenters. The normalized spacial score (nSPS) is 11.3. The number of benzene rings is 1. The van der Waals surface area contributed by atoms with Crippen LogP contribution in [-0.4, -0.2) is 34.7 Å². The summed E-state index contributed by atoms with van der Waals surface area (Å²) in [4.78, 5) is 25.8. The Morgan fingerprint density at radius 3 is 2.78 bits per heavy atom. The molecule has 1 heterocycles. The van der Waals surface area contributed by atoms with Gasteiger partial charge in [-0.1, -0.05) is 0 Å². The van der Waals surface area contributed by atoms with E-state index in [1.165, 1.54) is 18.2 Å². The molecule has 1 aromatic heterocycles. The van der Waals surface area contributed by atoms with Crippen LogP contribution in [0.15, 0.2) is 22.6 Å².